The van der Waals surface area contributed by atoms with Crippen molar-refractivity contribution in [1.29, 1.82) is 0 Å². The van der Waals surface area contributed by atoms with Gasteiger partial charge in [0.25, 0.3) is 10.0 Å². The highest BCUT2D eigenvalue weighted by Gasteiger charge is 2.15. The minimum Gasteiger partial charge on any atom is -0.344 e. The van der Waals surface area contributed by atoms with Crippen LogP contribution in [0, 0.1) is 6.92 Å². The highest BCUT2D eigenvalue weighted by Crippen LogP contribution is 2.26. The van der Waals surface area contributed by atoms with Crippen molar-refractivity contribution in [3.63, 3.8) is 0 Å². The Morgan fingerprint density at radius 2 is 1.55 bits per heavy atom. The molecule has 0 aliphatic rings. The molecule has 4 rings (SSSR count). The number of fused-ring (bicyclic) bond motifs is 1. The summed E-state index contributed by atoms with van der Waals surface area (Å²) in [5.41, 5.74) is 4.86. The normalized spacial score (nSPS) is 11.9. The SMILES string of the molecule is Cc1cc2cc(NS(=O)(=O)c3ccc(-c4ccccc4)cc3)ccc2n1CCN(C)C. The number of nitrogens with zero attached hydrogens (tertiary/aromatic N) is 2. The van der Waals surface area contributed by atoms with Gasteiger partial charge in [-0.2, -0.15) is 0 Å². The van der Waals surface area contributed by atoms with Gasteiger partial charge in [0.2, 0.25) is 0 Å². The van der Waals surface area contributed by atoms with E-state index >= 15 is 0 Å². The fourth-order valence-corrected chi connectivity index (χ4v) is 4.79. The molecule has 0 atom stereocenters. The standard InChI is InChI=1S/C25H27N3O2S/c1-19-17-22-18-23(11-14-25(22)28(19)16-15-27(2)3)26-31(29,30)24-12-9-21(10-13-24)20-7-5-4-6-8-20/h4-14,17-18,26H,15-16H2,1-3H3. The number of aromatic nitrogens is 1. The van der Waals surface area contributed by atoms with Crippen molar-refractivity contribution in [1.82, 2.24) is 9.47 Å². The second kappa shape index (κ2) is 8.57. The molecule has 0 unspecified atom stereocenters. The van der Waals surface area contributed by atoms with Crippen molar-refractivity contribution in [2.45, 2.75) is 18.4 Å². The minimum atomic E-state index is -3.67. The van der Waals surface area contributed by atoms with Crippen LogP contribution in [0.5, 0.6) is 0 Å². The van der Waals surface area contributed by atoms with Crippen LogP contribution in [0.25, 0.3) is 22.0 Å². The number of likely N-dealkylation sites (N-methyl/N-ethyl adjacent to an activating group) is 1. The van der Waals surface area contributed by atoms with Crippen molar-refractivity contribution in [3.05, 3.63) is 84.6 Å². The minimum absolute atomic E-state index is 0.243. The van der Waals surface area contributed by atoms with Crippen molar-refractivity contribution < 1.29 is 8.42 Å². The molecule has 0 aliphatic heterocycles. The van der Waals surface area contributed by atoms with Crippen LogP contribution in [-0.2, 0) is 16.6 Å². The highest BCUT2D eigenvalue weighted by molar-refractivity contribution is 7.92. The number of anilines is 1. The Morgan fingerprint density at radius 1 is 0.871 bits per heavy atom. The molecule has 4 aromatic rings. The third-order valence-electron chi connectivity index (χ3n) is 5.40. The van der Waals surface area contributed by atoms with Crippen molar-refractivity contribution in [3.8, 4) is 11.1 Å². The molecule has 1 N–H and O–H groups in total. The van der Waals surface area contributed by atoms with Crippen LogP contribution in [0.15, 0.2) is 83.8 Å². The summed E-state index contributed by atoms with van der Waals surface area (Å²) in [6.07, 6.45) is 0. The van der Waals surface area contributed by atoms with E-state index in [9.17, 15) is 8.42 Å². The van der Waals surface area contributed by atoms with Crippen LogP contribution >= 0.6 is 0 Å². The van der Waals surface area contributed by atoms with Gasteiger partial charge in [-0.15, -0.1) is 0 Å². The molecule has 0 fully saturated rings. The van der Waals surface area contributed by atoms with Gasteiger partial charge >= 0.3 is 0 Å². The molecule has 1 aromatic heterocycles. The average molecular weight is 434 g/mol. The van der Waals surface area contributed by atoms with Gasteiger partial charge in [0.05, 0.1) is 4.90 Å². The van der Waals surface area contributed by atoms with Crippen molar-refractivity contribution in [2.75, 3.05) is 25.4 Å². The molecular formula is C25H27N3O2S. The fourth-order valence-electron chi connectivity index (χ4n) is 3.74. The van der Waals surface area contributed by atoms with Crippen LogP contribution < -0.4 is 4.72 Å². The lowest BCUT2D eigenvalue weighted by Gasteiger charge is -2.13. The van der Waals surface area contributed by atoms with Crippen LogP contribution in [0.3, 0.4) is 0 Å². The van der Waals surface area contributed by atoms with Gasteiger partial charge in [0, 0.05) is 35.4 Å². The van der Waals surface area contributed by atoms with Gasteiger partial charge in [-0.1, -0.05) is 42.5 Å². The van der Waals surface area contributed by atoms with E-state index in [1.807, 2.05) is 60.7 Å². The first kappa shape index (κ1) is 21.2. The Labute approximate surface area is 184 Å². The maximum atomic E-state index is 12.9. The zero-order valence-electron chi connectivity index (χ0n) is 18.0. The number of nitrogens with one attached hydrogen (secondary N) is 1. The first-order chi connectivity index (χ1) is 14.8. The molecule has 0 bridgehead atoms. The summed E-state index contributed by atoms with van der Waals surface area (Å²) in [6.45, 7) is 3.91. The second-order valence-electron chi connectivity index (χ2n) is 8.01. The maximum absolute atomic E-state index is 12.9. The van der Waals surface area contributed by atoms with Crippen LogP contribution in [0.1, 0.15) is 5.69 Å². The maximum Gasteiger partial charge on any atom is 0.261 e. The Hall–Kier alpha value is -3.09. The lowest BCUT2D eigenvalue weighted by atomic mass is 10.1. The monoisotopic (exact) mass is 433 g/mol. The summed E-state index contributed by atoms with van der Waals surface area (Å²) in [4.78, 5) is 2.39. The molecule has 0 saturated heterocycles. The van der Waals surface area contributed by atoms with E-state index in [2.05, 4.69) is 41.3 Å². The van der Waals surface area contributed by atoms with E-state index in [1.54, 1.807) is 12.1 Å². The summed E-state index contributed by atoms with van der Waals surface area (Å²) < 4.78 is 30.8. The number of hydrogen-bond donors (Lipinski definition) is 1. The van der Waals surface area contributed by atoms with Crippen molar-refractivity contribution in [2.24, 2.45) is 0 Å². The number of hydrogen-bond acceptors (Lipinski definition) is 3. The summed E-state index contributed by atoms with van der Waals surface area (Å²) in [5, 5.41) is 1.02. The summed E-state index contributed by atoms with van der Waals surface area (Å²) in [7, 11) is 0.443. The van der Waals surface area contributed by atoms with Gasteiger partial charge in [0.1, 0.15) is 0 Å². The van der Waals surface area contributed by atoms with E-state index in [-0.39, 0.29) is 4.90 Å². The summed E-state index contributed by atoms with van der Waals surface area (Å²) in [5.74, 6) is 0. The third kappa shape index (κ3) is 4.65. The molecular weight excluding hydrogens is 406 g/mol. The molecule has 0 aliphatic carbocycles. The van der Waals surface area contributed by atoms with Gasteiger partial charge in [-0.25, -0.2) is 8.42 Å². The Bertz CT molecular complexity index is 1290. The molecule has 0 spiro atoms. The molecule has 3 aromatic carbocycles. The molecule has 6 heteroatoms. The lowest BCUT2D eigenvalue weighted by Crippen LogP contribution is -2.18. The van der Waals surface area contributed by atoms with E-state index in [0.717, 1.165) is 40.8 Å². The van der Waals surface area contributed by atoms with E-state index < -0.39 is 10.0 Å². The first-order valence-corrected chi connectivity index (χ1v) is 11.7. The number of rotatable bonds is 7. The molecule has 160 valence electrons. The largest absolute Gasteiger partial charge is 0.344 e. The molecule has 0 radical (unpaired) electrons. The number of benzene rings is 3. The summed E-state index contributed by atoms with van der Waals surface area (Å²) >= 11 is 0. The predicted octanol–water partition coefficient (Wildman–Crippen LogP) is 4.98. The predicted molar refractivity (Wildman–Crippen MR) is 128 cm³/mol. The zero-order valence-corrected chi connectivity index (χ0v) is 18.9. The smallest absolute Gasteiger partial charge is 0.261 e. The molecule has 1 heterocycles. The van der Waals surface area contributed by atoms with E-state index in [0.29, 0.717) is 5.69 Å². The quantitative estimate of drug-likeness (QED) is 0.447. The van der Waals surface area contributed by atoms with Crippen LogP contribution in [-0.4, -0.2) is 38.5 Å². The van der Waals surface area contributed by atoms with Gasteiger partial charge < -0.3 is 9.47 Å². The number of aryl methyl sites for hydroxylation is 1. The topological polar surface area (TPSA) is 54.3 Å². The molecule has 0 amide bonds. The Kier molecular flexibility index (Phi) is 5.85. The van der Waals surface area contributed by atoms with Gasteiger partial charge in [0.15, 0.2) is 0 Å². The molecule has 5 nitrogen and oxygen atoms in total. The lowest BCUT2D eigenvalue weighted by molar-refractivity contribution is 0.385. The first-order valence-electron chi connectivity index (χ1n) is 10.3. The highest BCUT2D eigenvalue weighted by atomic mass is 32.2. The second-order valence-corrected chi connectivity index (χ2v) is 9.69. The van der Waals surface area contributed by atoms with Crippen LogP contribution in [0.2, 0.25) is 0 Å². The Morgan fingerprint density at radius 3 is 2.23 bits per heavy atom. The molecule has 0 saturated carbocycles. The summed E-state index contributed by atoms with van der Waals surface area (Å²) in [6, 6.07) is 24.6. The average Bonchev–Trinajstić information content (AvgIpc) is 3.06. The zero-order chi connectivity index (χ0) is 22.0. The number of sulfonamides is 1. The van der Waals surface area contributed by atoms with Crippen LogP contribution in [0.4, 0.5) is 5.69 Å². The fraction of sp³-hybridized carbons (Fsp3) is 0.200. The van der Waals surface area contributed by atoms with Crippen molar-refractivity contribution >= 4 is 26.6 Å². The third-order valence-corrected chi connectivity index (χ3v) is 6.80. The molecule has 31 heavy (non-hydrogen) atoms. The van der Waals surface area contributed by atoms with E-state index in [1.165, 1.54) is 0 Å². The van der Waals surface area contributed by atoms with Gasteiger partial charge in [-0.3, -0.25) is 4.72 Å². The van der Waals surface area contributed by atoms with E-state index in [4.69, 9.17) is 0 Å². The van der Waals surface area contributed by atoms with Gasteiger partial charge in [-0.05, 0) is 68.5 Å². The Balaban J connectivity index is 1.56.